The maximum absolute atomic E-state index is 11.6. The van der Waals surface area contributed by atoms with Gasteiger partial charge < -0.3 is 15.7 Å². The summed E-state index contributed by atoms with van der Waals surface area (Å²) in [6.07, 6.45) is -0.146. The fourth-order valence-electron chi connectivity index (χ4n) is 1.24. The summed E-state index contributed by atoms with van der Waals surface area (Å²) in [5.41, 5.74) is 0.446. The van der Waals surface area contributed by atoms with Crippen LogP contribution in [0, 0.1) is 0 Å². The van der Waals surface area contributed by atoms with E-state index < -0.39 is 11.9 Å². The molecule has 2 amide bonds. The summed E-state index contributed by atoms with van der Waals surface area (Å²) >= 11 is 3.25. The maximum Gasteiger partial charge on any atom is 0.305 e. The molecule has 1 rings (SSSR count). The Morgan fingerprint density at radius 1 is 1.11 bits per heavy atom. The summed E-state index contributed by atoms with van der Waals surface area (Å²) in [5, 5.41) is 13.2. The summed E-state index contributed by atoms with van der Waals surface area (Å²) < 4.78 is 0.857. The topological polar surface area (TPSA) is 95.5 Å². The minimum absolute atomic E-state index is 0.0440. The molecule has 0 aliphatic rings. The predicted octanol–water partition coefficient (Wildman–Crippen LogP) is 0.770. The zero-order valence-corrected chi connectivity index (χ0v) is 11.6. The van der Waals surface area contributed by atoms with Crippen LogP contribution in [0.15, 0.2) is 28.7 Å². The lowest BCUT2D eigenvalue weighted by atomic mass is 10.2. The second-order valence-corrected chi connectivity index (χ2v) is 4.60. The van der Waals surface area contributed by atoms with Gasteiger partial charge in [-0.3, -0.25) is 14.4 Å². The second-order valence-electron chi connectivity index (χ2n) is 3.68. The average molecular weight is 329 g/mol. The average Bonchev–Trinajstić information content (AvgIpc) is 2.36. The number of rotatable bonds is 6. The van der Waals surface area contributed by atoms with Crippen LogP contribution in [0.1, 0.15) is 16.8 Å². The number of aliphatic carboxylic acids is 1. The van der Waals surface area contributed by atoms with E-state index >= 15 is 0 Å². The van der Waals surface area contributed by atoms with Crippen LogP contribution in [-0.4, -0.2) is 36.0 Å². The van der Waals surface area contributed by atoms with E-state index in [1.54, 1.807) is 24.3 Å². The van der Waals surface area contributed by atoms with E-state index in [-0.39, 0.29) is 25.4 Å². The van der Waals surface area contributed by atoms with Crippen LogP contribution in [0.3, 0.4) is 0 Å². The van der Waals surface area contributed by atoms with E-state index in [2.05, 4.69) is 26.6 Å². The highest BCUT2D eigenvalue weighted by atomic mass is 79.9. The molecule has 0 bridgehead atoms. The van der Waals surface area contributed by atoms with Crippen molar-refractivity contribution in [1.82, 2.24) is 10.6 Å². The van der Waals surface area contributed by atoms with E-state index in [1.165, 1.54) is 0 Å². The van der Waals surface area contributed by atoms with Gasteiger partial charge in [0.15, 0.2) is 0 Å². The van der Waals surface area contributed by atoms with Crippen LogP contribution in [0.25, 0.3) is 0 Å². The summed E-state index contributed by atoms with van der Waals surface area (Å²) in [6, 6.07) is 6.70. The first-order valence-electron chi connectivity index (χ1n) is 5.51. The Balaban J connectivity index is 2.31. The Kier molecular flexibility index (Phi) is 6.01. The highest BCUT2D eigenvalue weighted by molar-refractivity contribution is 9.10. The smallest absolute Gasteiger partial charge is 0.305 e. The molecule has 0 atom stereocenters. The Bertz CT molecular complexity index is 473. The van der Waals surface area contributed by atoms with Gasteiger partial charge in [-0.15, -0.1) is 0 Å². The van der Waals surface area contributed by atoms with Crippen molar-refractivity contribution in [2.75, 3.05) is 13.1 Å². The molecular weight excluding hydrogens is 316 g/mol. The zero-order chi connectivity index (χ0) is 14.3. The zero-order valence-electron chi connectivity index (χ0n) is 9.98. The molecular formula is C12H13BrN2O4. The van der Waals surface area contributed by atoms with Crippen LogP contribution >= 0.6 is 15.9 Å². The molecule has 0 radical (unpaired) electrons. The number of carboxylic acids is 1. The van der Waals surface area contributed by atoms with Gasteiger partial charge in [-0.25, -0.2) is 0 Å². The monoisotopic (exact) mass is 328 g/mol. The summed E-state index contributed by atoms with van der Waals surface area (Å²) in [6.45, 7) is -0.142. The van der Waals surface area contributed by atoms with Crippen molar-refractivity contribution < 1.29 is 19.5 Å². The van der Waals surface area contributed by atoms with Crippen LogP contribution in [0.5, 0.6) is 0 Å². The van der Waals surface area contributed by atoms with Gasteiger partial charge in [-0.05, 0) is 24.3 Å². The van der Waals surface area contributed by atoms with Gasteiger partial charge in [0.05, 0.1) is 13.0 Å². The third kappa shape index (κ3) is 6.01. The Morgan fingerprint density at radius 3 is 2.32 bits per heavy atom. The number of carbonyl (C=O) groups is 3. The number of benzene rings is 1. The minimum atomic E-state index is -0.987. The fraction of sp³-hybridized carbons (Fsp3) is 0.250. The van der Waals surface area contributed by atoms with Gasteiger partial charge in [0, 0.05) is 16.6 Å². The van der Waals surface area contributed by atoms with E-state index in [9.17, 15) is 14.4 Å². The highest BCUT2D eigenvalue weighted by Gasteiger charge is 2.07. The van der Waals surface area contributed by atoms with E-state index in [0.717, 1.165) is 4.47 Å². The molecule has 0 saturated heterocycles. The molecule has 0 unspecified atom stereocenters. The van der Waals surface area contributed by atoms with Gasteiger partial charge in [0.1, 0.15) is 0 Å². The largest absolute Gasteiger partial charge is 0.481 e. The number of hydrogen-bond acceptors (Lipinski definition) is 3. The number of hydrogen-bond donors (Lipinski definition) is 3. The normalized spacial score (nSPS) is 9.74. The van der Waals surface area contributed by atoms with Gasteiger partial charge in [0.25, 0.3) is 5.91 Å². The Morgan fingerprint density at radius 2 is 1.74 bits per heavy atom. The fourth-order valence-corrected chi connectivity index (χ4v) is 1.50. The van der Waals surface area contributed by atoms with E-state index in [0.29, 0.717) is 5.56 Å². The Labute approximate surface area is 118 Å². The van der Waals surface area contributed by atoms with E-state index in [1.807, 2.05) is 0 Å². The van der Waals surface area contributed by atoms with Crippen molar-refractivity contribution in [2.45, 2.75) is 6.42 Å². The van der Waals surface area contributed by atoms with Gasteiger partial charge >= 0.3 is 5.97 Å². The SMILES string of the molecule is O=C(O)CCNC(=O)CNC(=O)c1ccc(Br)cc1. The lowest BCUT2D eigenvalue weighted by molar-refractivity contribution is -0.136. The van der Waals surface area contributed by atoms with Crippen LogP contribution in [-0.2, 0) is 9.59 Å². The van der Waals surface area contributed by atoms with Crippen molar-refractivity contribution in [3.8, 4) is 0 Å². The van der Waals surface area contributed by atoms with Crippen molar-refractivity contribution in [1.29, 1.82) is 0 Å². The van der Waals surface area contributed by atoms with Crippen LogP contribution in [0.2, 0.25) is 0 Å². The Hall–Kier alpha value is -1.89. The summed E-state index contributed by atoms with van der Waals surface area (Å²) in [5.74, 6) is -1.77. The molecule has 0 heterocycles. The lowest BCUT2D eigenvalue weighted by Crippen LogP contribution is -2.37. The van der Waals surface area contributed by atoms with Gasteiger partial charge in [-0.2, -0.15) is 0 Å². The molecule has 0 aliphatic heterocycles. The molecule has 1 aromatic carbocycles. The second kappa shape index (κ2) is 7.52. The summed E-state index contributed by atoms with van der Waals surface area (Å²) in [4.78, 5) is 33.2. The molecule has 102 valence electrons. The molecule has 0 aromatic heterocycles. The minimum Gasteiger partial charge on any atom is -0.481 e. The van der Waals surface area contributed by atoms with Gasteiger partial charge in [-0.1, -0.05) is 15.9 Å². The third-order valence-electron chi connectivity index (χ3n) is 2.18. The predicted molar refractivity (Wildman–Crippen MR) is 71.7 cm³/mol. The molecule has 0 saturated carbocycles. The molecule has 3 N–H and O–H groups in total. The number of carboxylic acid groups (broad SMARTS) is 1. The lowest BCUT2D eigenvalue weighted by Gasteiger charge is -2.06. The number of halogens is 1. The van der Waals surface area contributed by atoms with Crippen molar-refractivity contribution in [3.63, 3.8) is 0 Å². The van der Waals surface area contributed by atoms with E-state index in [4.69, 9.17) is 5.11 Å². The van der Waals surface area contributed by atoms with Crippen molar-refractivity contribution in [3.05, 3.63) is 34.3 Å². The number of amides is 2. The quantitative estimate of drug-likeness (QED) is 0.718. The third-order valence-corrected chi connectivity index (χ3v) is 2.71. The first kappa shape index (κ1) is 15.2. The molecule has 0 fully saturated rings. The standard InChI is InChI=1S/C12H13BrN2O4/c13-9-3-1-8(2-4-9)12(19)15-7-10(16)14-6-5-11(17)18/h1-4H,5-7H2,(H,14,16)(H,15,19)(H,17,18). The van der Waals surface area contributed by atoms with Crippen molar-refractivity contribution in [2.24, 2.45) is 0 Å². The van der Waals surface area contributed by atoms with Crippen LogP contribution < -0.4 is 10.6 Å². The number of carbonyl (C=O) groups excluding carboxylic acids is 2. The van der Waals surface area contributed by atoms with Crippen LogP contribution in [0.4, 0.5) is 0 Å². The highest BCUT2D eigenvalue weighted by Crippen LogP contribution is 2.10. The molecule has 19 heavy (non-hydrogen) atoms. The van der Waals surface area contributed by atoms with Gasteiger partial charge in [0.2, 0.25) is 5.91 Å². The first-order valence-corrected chi connectivity index (χ1v) is 6.30. The summed E-state index contributed by atoms with van der Waals surface area (Å²) in [7, 11) is 0. The maximum atomic E-state index is 11.6. The molecule has 7 heteroatoms. The number of nitrogens with one attached hydrogen (secondary N) is 2. The molecule has 1 aromatic rings. The molecule has 0 spiro atoms. The first-order chi connectivity index (χ1) is 8.99. The molecule has 6 nitrogen and oxygen atoms in total. The molecule has 0 aliphatic carbocycles. The van der Waals surface area contributed by atoms with Crippen molar-refractivity contribution >= 4 is 33.7 Å².